The minimum absolute atomic E-state index is 0.00996. The maximum Gasteiger partial charge on any atom is 0.353 e. The number of carbonyl (C=O) groups excluding carboxylic acids is 3. The molecule has 1 unspecified atom stereocenters. The molecule has 9 nitrogen and oxygen atoms in total. The number of rotatable bonds is 16. The van der Waals surface area contributed by atoms with E-state index in [1.54, 1.807) is 6.92 Å². The Hall–Kier alpha value is -3.69. The first-order valence-electron chi connectivity index (χ1n) is 12.7. The molecular formula is C29H36O9. The van der Waals surface area contributed by atoms with Crippen LogP contribution in [0.25, 0.3) is 6.08 Å². The molecule has 0 bridgehead atoms. The summed E-state index contributed by atoms with van der Waals surface area (Å²) in [5.41, 5.74) is -1.97. The number of unbranched alkanes of at least 4 members (excludes halogenated alkanes) is 2. The summed E-state index contributed by atoms with van der Waals surface area (Å²) in [6.07, 6.45) is 3.96. The zero-order valence-electron chi connectivity index (χ0n) is 22.1. The van der Waals surface area contributed by atoms with Gasteiger partial charge in [0, 0.05) is 6.61 Å². The zero-order valence-corrected chi connectivity index (χ0v) is 22.1. The zero-order chi connectivity index (χ0) is 27.8. The highest BCUT2D eigenvalue weighted by atomic mass is 16.6. The Labute approximate surface area is 223 Å². The van der Waals surface area contributed by atoms with Crippen LogP contribution in [0.2, 0.25) is 0 Å². The summed E-state index contributed by atoms with van der Waals surface area (Å²) < 4.78 is 25.9. The van der Waals surface area contributed by atoms with Crippen molar-refractivity contribution in [2.24, 2.45) is 0 Å². The summed E-state index contributed by atoms with van der Waals surface area (Å²) in [6.45, 7) is 4.28. The maximum absolute atomic E-state index is 12.5. The molecule has 2 aromatic carbocycles. The topological polar surface area (TPSA) is 118 Å². The standard InChI is InChI=1S/C29H36O9/c1-4-34-26(30)25(29(33,27(31)35-5-2)28(32)36-6-3)37-21-13-8-7-10-14-22-17-19-24(20-18-22)38-23-15-11-9-12-16-23/h9-12,14-20,25,33H,4-8,13,21H2,1-3H3/b14-10+. The first-order valence-corrected chi connectivity index (χ1v) is 12.7. The van der Waals surface area contributed by atoms with Gasteiger partial charge in [-0.15, -0.1) is 0 Å². The Morgan fingerprint density at radius 1 is 0.816 bits per heavy atom. The predicted molar refractivity (Wildman–Crippen MR) is 140 cm³/mol. The summed E-state index contributed by atoms with van der Waals surface area (Å²) >= 11 is 0. The molecule has 0 aromatic heterocycles. The van der Waals surface area contributed by atoms with Crippen molar-refractivity contribution in [2.45, 2.75) is 51.7 Å². The van der Waals surface area contributed by atoms with Crippen LogP contribution in [0.4, 0.5) is 0 Å². The van der Waals surface area contributed by atoms with E-state index >= 15 is 0 Å². The lowest BCUT2D eigenvalue weighted by Crippen LogP contribution is -2.61. The number of benzene rings is 2. The van der Waals surface area contributed by atoms with Crippen molar-refractivity contribution in [3.05, 3.63) is 66.2 Å². The van der Waals surface area contributed by atoms with E-state index in [-0.39, 0.29) is 26.4 Å². The van der Waals surface area contributed by atoms with E-state index in [2.05, 4.69) is 0 Å². The highest BCUT2D eigenvalue weighted by molar-refractivity contribution is 6.08. The van der Waals surface area contributed by atoms with Crippen LogP contribution >= 0.6 is 0 Å². The number of para-hydroxylation sites is 1. The molecule has 0 fully saturated rings. The Morgan fingerprint density at radius 3 is 1.97 bits per heavy atom. The summed E-state index contributed by atoms with van der Waals surface area (Å²) in [4.78, 5) is 37.5. The number of carbonyl (C=O) groups is 3. The molecule has 0 saturated carbocycles. The second kappa shape index (κ2) is 16.2. The van der Waals surface area contributed by atoms with Gasteiger partial charge in [-0.2, -0.15) is 0 Å². The van der Waals surface area contributed by atoms with Crippen LogP contribution in [0.15, 0.2) is 60.7 Å². The lowest BCUT2D eigenvalue weighted by atomic mass is 9.96. The van der Waals surface area contributed by atoms with Crippen LogP contribution in [0.5, 0.6) is 11.5 Å². The van der Waals surface area contributed by atoms with Crippen molar-refractivity contribution in [3.63, 3.8) is 0 Å². The Bertz CT molecular complexity index is 1010. The molecule has 0 amide bonds. The number of aliphatic hydroxyl groups is 1. The van der Waals surface area contributed by atoms with E-state index in [1.165, 1.54) is 13.8 Å². The highest BCUT2D eigenvalue weighted by Gasteiger charge is 2.58. The molecule has 0 aliphatic rings. The first kappa shape index (κ1) is 30.5. The van der Waals surface area contributed by atoms with Gasteiger partial charge in [-0.05, 0) is 69.9 Å². The van der Waals surface area contributed by atoms with E-state index in [0.717, 1.165) is 23.5 Å². The predicted octanol–water partition coefficient (Wildman–Crippen LogP) is 4.47. The van der Waals surface area contributed by atoms with Gasteiger partial charge in [-0.1, -0.05) is 42.5 Å². The van der Waals surface area contributed by atoms with Gasteiger partial charge in [0.2, 0.25) is 6.10 Å². The van der Waals surface area contributed by atoms with E-state index in [4.69, 9.17) is 23.7 Å². The molecule has 206 valence electrons. The second-order valence-corrected chi connectivity index (χ2v) is 8.09. The number of allylic oxidation sites excluding steroid dienone is 1. The average Bonchev–Trinajstić information content (AvgIpc) is 2.91. The number of hydrogen-bond acceptors (Lipinski definition) is 9. The third-order valence-corrected chi connectivity index (χ3v) is 5.27. The molecule has 2 aromatic rings. The number of hydrogen-bond donors (Lipinski definition) is 1. The fourth-order valence-electron chi connectivity index (χ4n) is 3.41. The van der Waals surface area contributed by atoms with Gasteiger partial charge < -0.3 is 28.8 Å². The SMILES string of the molecule is CCOC(=O)C(OCCCC/C=C/c1ccc(Oc2ccccc2)cc1)C(O)(C(=O)OCC)C(=O)OCC. The van der Waals surface area contributed by atoms with Crippen molar-refractivity contribution in [3.8, 4) is 11.5 Å². The Kier molecular flexibility index (Phi) is 13.0. The van der Waals surface area contributed by atoms with Crippen molar-refractivity contribution < 1.29 is 43.2 Å². The van der Waals surface area contributed by atoms with E-state index in [9.17, 15) is 19.5 Å². The minimum Gasteiger partial charge on any atom is -0.464 e. The smallest absolute Gasteiger partial charge is 0.353 e. The monoisotopic (exact) mass is 528 g/mol. The number of ether oxygens (including phenoxy) is 5. The average molecular weight is 529 g/mol. The third kappa shape index (κ3) is 9.00. The van der Waals surface area contributed by atoms with Crippen molar-refractivity contribution >= 4 is 24.0 Å². The van der Waals surface area contributed by atoms with E-state index in [1.807, 2.05) is 66.7 Å². The van der Waals surface area contributed by atoms with Crippen LogP contribution in [0, 0.1) is 0 Å². The van der Waals surface area contributed by atoms with Crippen molar-refractivity contribution in [1.29, 1.82) is 0 Å². The molecule has 0 spiro atoms. The van der Waals surface area contributed by atoms with Crippen LogP contribution < -0.4 is 4.74 Å². The summed E-state index contributed by atoms with van der Waals surface area (Å²) in [5.74, 6) is -2.21. The molecule has 9 heteroatoms. The summed E-state index contributed by atoms with van der Waals surface area (Å²) in [6, 6.07) is 17.2. The van der Waals surface area contributed by atoms with Crippen LogP contribution in [-0.2, 0) is 33.3 Å². The summed E-state index contributed by atoms with van der Waals surface area (Å²) in [7, 11) is 0. The van der Waals surface area contributed by atoms with Gasteiger partial charge in [0.05, 0.1) is 19.8 Å². The highest BCUT2D eigenvalue weighted by Crippen LogP contribution is 2.23. The quantitative estimate of drug-likeness (QED) is 0.146. The van der Waals surface area contributed by atoms with E-state index < -0.39 is 29.6 Å². The third-order valence-electron chi connectivity index (χ3n) is 5.27. The molecule has 1 N–H and O–H groups in total. The second-order valence-electron chi connectivity index (χ2n) is 8.09. The maximum atomic E-state index is 12.5. The van der Waals surface area contributed by atoms with Crippen LogP contribution in [0.3, 0.4) is 0 Å². The van der Waals surface area contributed by atoms with Gasteiger partial charge in [-0.25, -0.2) is 14.4 Å². The van der Waals surface area contributed by atoms with Gasteiger partial charge in [0.1, 0.15) is 11.5 Å². The minimum atomic E-state index is -2.98. The number of esters is 3. The lowest BCUT2D eigenvalue weighted by molar-refractivity contribution is -0.208. The fourth-order valence-corrected chi connectivity index (χ4v) is 3.41. The Balaban J connectivity index is 1.90. The summed E-state index contributed by atoms with van der Waals surface area (Å²) in [5, 5.41) is 10.9. The molecule has 2 rings (SSSR count). The molecule has 0 heterocycles. The lowest BCUT2D eigenvalue weighted by Gasteiger charge is -2.30. The Morgan fingerprint density at radius 2 is 1.39 bits per heavy atom. The van der Waals surface area contributed by atoms with Gasteiger partial charge >= 0.3 is 17.9 Å². The molecule has 0 saturated heterocycles. The molecule has 0 radical (unpaired) electrons. The van der Waals surface area contributed by atoms with Crippen molar-refractivity contribution in [2.75, 3.05) is 26.4 Å². The van der Waals surface area contributed by atoms with E-state index in [0.29, 0.717) is 12.8 Å². The van der Waals surface area contributed by atoms with Crippen LogP contribution in [-0.4, -0.2) is 61.1 Å². The van der Waals surface area contributed by atoms with Crippen molar-refractivity contribution in [1.82, 2.24) is 0 Å². The first-order chi connectivity index (χ1) is 18.4. The van der Waals surface area contributed by atoms with Gasteiger partial charge in [-0.3, -0.25) is 0 Å². The molecule has 0 aliphatic heterocycles. The van der Waals surface area contributed by atoms with Gasteiger partial charge in [0.15, 0.2) is 0 Å². The normalized spacial score (nSPS) is 12.1. The molecule has 0 aliphatic carbocycles. The molecule has 38 heavy (non-hydrogen) atoms. The molecular weight excluding hydrogens is 492 g/mol. The van der Waals surface area contributed by atoms with Gasteiger partial charge in [0.25, 0.3) is 5.60 Å². The van der Waals surface area contributed by atoms with Crippen LogP contribution in [0.1, 0.15) is 45.6 Å². The molecule has 1 atom stereocenters. The largest absolute Gasteiger partial charge is 0.464 e. The fraction of sp³-hybridized carbons (Fsp3) is 0.414.